The van der Waals surface area contributed by atoms with E-state index in [0.29, 0.717) is 47.8 Å². The summed E-state index contributed by atoms with van der Waals surface area (Å²) in [5, 5.41) is 4.04. The Kier molecular flexibility index (Phi) is 7.95. The van der Waals surface area contributed by atoms with Crippen LogP contribution in [0.4, 0.5) is 32.0 Å². The summed E-state index contributed by atoms with van der Waals surface area (Å²) in [4.78, 5) is 19.5. The molecule has 3 heterocycles. The number of aryl methyl sites for hydroxylation is 2. The van der Waals surface area contributed by atoms with Crippen LogP contribution in [0.5, 0.6) is 0 Å². The van der Waals surface area contributed by atoms with Gasteiger partial charge in [0.15, 0.2) is 0 Å². The molecule has 1 aliphatic carbocycles. The second kappa shape index (κ2) is 11.5. The summed E-state index contributed by atoms with van der Waals surface area (Å²) in [6.07, 6.45) is -6.30. The summed E-state index contributed by atoms with van der Waals surface area (Å²) >= 11 is 0. The molecule has 13 heteroatoms. The largest absolute Gasteiger partial charge is 0.416 e. The van der Waals surface area contributed by atoms with E-state index in [2.05, 4.69) is 5.16 Å². The van der Waals surface area contributed by atoms with Crippen LogP contribution in [0.3, 0.4) is 0 Å². The summed E-state index contributed by atoms with van der Waals surface area (Å²) in [7, 11) is 1.66. The van der Waals surface area contributed by atoms with Crippen LogP contribution in [0.2, 0.25) is 0 Å². The van der Waals surface area contributed by atoms with Crippen LogP contribution in [0.1, 0.15) is 85.4 Å². The van der Waals surface area contributed by atoms with E-state index in [1.54, 1.807) is 14.0 Å². The van der Waals surface area contributed by atoms with Crippen molar-refractivity contribution in [1.82, 2.24) is 14.7 Å². The van der Waals surface area contributed by atoms with Crippen molar-refractivity contribution in [2.45, 2.75) is 89.3 Å². The predicted molar refractivity (Wildman–Crippen MR) is 154 cm³/mol. The van der Waals surface area contributed by atoms with E-state index in [4.69, 9.17) is 14.2 Å². The molecule has 0 unspecified atom stereocenters. The van der Waals surface area contributed by atoms with Gasteiger partial charge in [-0.05, 0) is 88.3 Å². The molecule has 0 spiro atoms. The standard InChI is InChI=1S/C32H32F6N4O3/c1-17-29(18(2)45-40-17)19-7-12-26-25(13-19)39-30(42(26)22-8-10-24(44-3)11-9-22)27-5-4-6-28(43)41(27)23-15-20(31(33,34)35)14-21(16-23)32(36,37)38/h7,12-16,22,24,27H,4-6,8-11H2,1-3H3/t22?,24?,27-/m0/s1. The maximum absolute atomic E-state index is 13.8. The molecule has 1 atom stereocenters. The van der Waals surface area contributed by atoms with Gasteiger partial charge in [0.05, 0.1) is 40.0 Å². The first kappa shape index (κ1) is 31.1. The Morgan fingerprint density at radius 2 is 1.58 bits per heavy atom. The first-order chi connectivity index (χ1) is 21.3. The van der Waals surface area contributed by atoms with Crippen molar-refractivity contribution in [1.29, 1.82) is 0 Å². The minimum absolute atomic E-state index is 0.0105. The third kappa shape index (κ3) is 5.82. The van der Waals surface area contributed by atoms with Gasteiger partial charge in [0.25, 0.3) is 0 Å². The van der Waals surface area contributed by atoms with E-state index < -0.39 is 41.1 Å². The molecular formula is C32H32F6N4O3. The van der Waals surface area contributed by atoms with Gasteiger partial charge in [-0.25, -0.2) is 4.98 Å². The number of methoxy groups -OCH3 is 1. The summed E-state index contributed by atoms with van der Waals surface area (Å²) < 4.78 is 95.9. The number of hydrogen-bond acceptors (Lipinski definition) is 5. The number of carbonyl (C=O) groups is 1. The first-order valence-corrected chi connectivity index (χ1v) is 14.9. The molecule has 0 bridgehead atoms. The first-order valence-electron chi connectivity index (χ1n) is 14.9. The van der Waals surface area contributed by atoms with Gasteiger partial charge in [0, 0.05) is 30.8 Å². The number of hydrogen-bond donors (Lipinski definition) is 0. The average Bonchev–Trinajstić information content (AvgIpc) is 3.54. The summed E-state index contributed by atoms with van der Waals surface area (Å²) in [6.45, 7) is 3.62. The maximum Gasteiger partial charge on any atom is 0.416 e. The molecule has 1 saturated heterocycles. The lowest BCUT2D eigenvalue weighted by atomic mass is 9.91. The van der Waals surface area contributed by atoms with E-state index in [1.807, 2.05) is 29.7 Å². The highest BCUT2D eigenvalue weighted by atomic mass is 19.4. The molecule has 2 aromatic heterocycles. The molecule has 0 N–H and O–H groups in total. The highest BCUT2D eigenvalue weighted by Crippen LogP contribution is 2.45. The fraction of sp³-hybridized carbons (Fsp3) is 0.469. The molecular weight excluding hydrogens is 602 g/mol. The Hall–Kier alpha value is -3.87. The molecule has 2 aromatic carbocycles. The second-order valence-electron chi connectivity index (χ2n) is 11.8. The number of benzene rings is 2. The Morgan fingerprint density at radius 1 is 0.911 bits per heavy atom. The van der Waals surface area contributed by atoms with Crippen molar-refractivity contribution < 1.29 is 40.4 Å². The lowest BCUT2D eigenvalue weighted by molar-refractivity contribution is -0.143. The Morgan fingerprint density at radius 3 is 2.16 bits per heavy atom. The van der Waals surface area contributed by atoms with Crippen LogP contribution in [0.15, 0.2) is 40.9 Å². The number of halogens is 6. The van der Waals surface area contributed by atoms with Gasteiger partial charge in [-0.1, -0.05) is 11.2 Å². The van der Waals surface area contributed by atoms with Crippen LogP contribution in [-0.4, -0.2) is 33.8 Å². The van der Waals surface area contributed by atoms with Crippen molar-refractivity contribution in [3.05, 3.63) is 64.8 Å². The monoisotopic (exact) mass is 634 g/mol. The number of ether oxygens (including phenoxy) is 1. The van der Waals surface area contributed by atoms with Crippen molar-refractivity contribution in [2.24, 2.45) is 0 Å². The fourth-order valence-corrected chi connectivity index (χ4v) is 6.84. The van der Waals surface area contributed by atoms with Crippen LogP contribution in [0.25, 0.3) is 22.2 Å². The van der Waals surface area contributed by atoms with Gasteiger partial charge in [-0.2, -0.15) is 26.3 Å². The fourth-order valence-electron chi connectivity index (χ4n) is 6.84. The van der Waals surface area contributed by atoms with Gasteiger partial charge < -0.3 is 18.7 Å². The topological polar surface area (TPSA) is 73.4 Å². The zero-order chi connectivity index (χ0) is 32.3. The molecule has 7 nitrogen and oxygen atoms in total. The van der Waals surface area contributed by atoms with E-state index in [9.17, 15) is 31.1 Å². The Bertz CT molecular complexity index is 1680. The Balaban J connectivity index is 1.53. The number of rotatable bonds is 5. The van der Waals surface area contributed by atoms with Crippen LogP contribution < -0.4 is 4.90 Å². The van der Waals surface area contributed by atoms with E-state index in [-0.39, 0.29) is 24.6 Å². The highest BCUT2D eigenvalue weighted by molar-refractivity contribution is 5.95. The summed E-state index contributed by atoms with van der Waals surface area (Å²) in [5.41, 5.74) is 0.270. The van der Waals surface area contributed by atoms with Crippen LogP contribution in [0, 0.1) is 13.8 Å². The van der Waals surface area contributed by atoms with Gasteiger partial charge in [-0.15, -0.1) is 0 Å². The highest BCUT2D eigenvalue weighted by Gasteiger charge is 2.41. The SMILES string of the molecule is COC1CCC(n2c([C@@H]3CCCC(=O)N3c3cc(C(F)(F)F)cc(C(F)(F)F)c3)nc3cc(-c4c(C)noc4C)ccc32)CC1. The quantitative estimate of drug-likeness (QED) is 0.205. The second-order valence-corrected chi connectivity index (χ2v) is 11.8. The molecule has 1 amide bonds. The molecule has 240 valence electrons. The van der Waals surface area contributed by atoms with Gasteiger partial charge in [-0.3, -0.25) is 4.79 Å². The Labute approximate surface area is 255 Å². The number of anilines is 1. The van der Waals surface area contributed by atoms with Crippen molar-refractivity contribution in [3.63, 3.8) is 0 Å². The van der Waals surface area contributed by atoms with E-state index in [0.717, 1.165) is 47.2 Å². The van der Waals surface area contributed by atoms with Gasteiger partial charge >= 0.3 is 12.4 Å². The number of alkyl halides is 6. The van der Waals surface area contributed by atoms with E-state index >= 15 is 0 Å². The normalized spacial score (nSPS) is 21.6. The molecule has 2 aliphatic rings. The molecule has 1 aliphatic heterocycles. The van der Waals surface area contributed by atoms with Crippen molar-refractivity contribution in [3.8, 4) is 11.1 Å². The van der Waals surface area contributed by atoms with Gasteiger partial charge in [0.2, 0.25) is 5.91 Å². The zero-order valence-corrected chi connectivity index (χ0v) is 24.9. The molecule has 45 heavy (non-hydrogen) atoms. The maximum atomic E-state index is 13.8. The van der Waals surface area contributed by atoms with Gasteiger partial charge in [0.1, 0.15) is 11.6 Å². The molecule has 1 saturated carbocycles. The molecule has 6 rings (SSSR count). The number of imidazole rings is 1. The number of carbonyl (C=O) groups excluding carboxylic acids is 1. The lowest BCUT2D eigenvalue weighted by Gasteiger charge is -2.38. The molecule has 2 fully saturated rings. The third-order valence-corrected chi connectivity index (χ3v) is 8.98. The average molecular weight is 635 g/mol. The molecule has 4 aromatic rings. The summed E-state index contributed by atoms with van der Waals surface area (Å²) in [6, 6.07) is 6.09. The van der Waals surface area contributed by atoms with Crippen molar-refractivity contribution in [2.75, 3.05) is 12.0 Å². The summed E-state index contributed by atoms with van der Waals surface area (Å²) in [5.74, 6) is 0.496. The minimum atomic E-state index is -5.05. The predicted octanol–water partition coefficient (Wildman–Crippen LogP) is 8.73. The number of aromatic nitrogens is 3. The number of piperidine rings is 1. The smallest absolute Gasteiger partial charge is 0.381 e. The molecule has 0 radical (unpaired) electrons. The van der Waals surface area contributed by atoms with Crippen molar-refractivity contribution >= 4 is 22.6 Å². The number of amides is 1. The zero-order valence-electron chi connectivity index (χ0n) is 24.9. The minimum Gasteiger partial charge on any atom is -0.381 e. The number of fused-ring (bicyclic) bond motifs is 1. The third-order valence-electron chi connectivity index (χ3n) is 8.98. The van der Waals surface area contributed by atoms with Crippen LogP contribution >= 0.6 is 0 Å². The van der Waals surface area contributed by atoms with Crippen LogP contribution in [-0.2, 0) is 21.9 Å². The number of nitrogens with zero attached hydrogens (tertiary/aromatic N) is 4. The lowest BCUT2D eigenvalue weighted by Crippen LogP contribution is -2.40. The van der Waals surface area contributed by atoms with E-state index in [1.165, 1.54) is 0 Å².